The lowest BCUT2D eigenvalue weighted by molar-refractivity contribution is -0.123. The molecule has 0 aliphatic rings. The van der Waals surface area contributed by atoms with E-state index in [4.69, 9.17) is 14.2 Å². The second-order valence-corrected chi connectivity index (χ2v) is 5.91. The lowest BCUT2D eigenvalue weighted by Crippen LogP contribution is -2.28. The summed E-state index contributed by atoms with van der Waals surface area (Å²) >= 11 is 0. The van der Waals surface area contributed by atoms with Gasteiger partial charge in [-0.25, -0.2) is 0 Å². The van der Waals surface area contributed by atoms with Crippen LogP contribution in [0.25, 0.3) is 0 Å². The van der Waals surface area contributed by atoms with E-state index in [1.54, 1.807) is 20.8 Å². The summed E-state index contributed by atoms with van der Waals surface area (Å²) in [5.74, 6) is -0.850. The van der Waals surface area contributed by atoms with Crippen LogP contribution in [0.1, 0.15) is 27.7 Å². The third-order valence-electron chi connectivity index (χ3n) is 2.26. The van der Waals surface area contributed by atoms with E-state index in [0.717, 1.165) is 0 Å². The Labute approximate surface area is 96.7 Å². The zero-order valence-electron chi connectivity index (χ0n) is 10.3. The van der Waals surface area contributed by atoms with Gasteiger partial charge in [-0.05, 0) is 20.8 Å². The lowest BCUT2D eigenvalue weighted by Gasteiger charge is -2.23. The summed E-state index contributed by atoms with van der Waals surface area (Å²) in [6.45, 7) is 6.67. The first kappa shape index (κ1) is 15.8. The van der Waals surface area contributed by atoms with E-state index in [9.17, 15) is 9.36 Å². The third-order valence-corrected chi connectivity index (χ3v) is 4.70. The van der Waals surface area contributed by atoms with Crippen LogP contribution in [0.3, 0.4) is 0 Å². The molecule has 0 bridgehead atoms. The quantitative estimate of drug-likeness (QED) is 0.667. The number of ketones is 1. The molecule has 0 aliphatic heterocycles. The molecule has 0 radical (unpaired) electrons. The Bertz CT molecular complexity index is 256. The van der Waals surface area contributed by atoms with Crippen molar-refractivity contribution in [3.63, 3.8) is 0 Å². The van der Waals surface area contributed by atoms with E-state index < -0.39 is 19.2 Å². The molecule has 6 heteroatoms. The summed E-state index contributed by atoms with van der Waals surface area (Å²) in [4.78, 5) is 11.8. The molecule has 1 N–H and O–H groups in total. The summed E-state index contributed by atoms with van der Waals surface area (Å²) in [6, 6.07) is 0. The van der Waals surface area contributed by atoms with E-state index in [0.29, 0.717) is 0 Å². The van der Waals surface area contributed by atoms with Crippen LogP contribution in [0.5, 0.6) is 0 Å². The predicted octanol–water partition coefficient (Wildman–Crippen LogP) is 1.84. The van der Waals surface area contributed by atoms with Crippen LogP contribution >= 0.6 is 7.60 Å². The third kappa shape index (κ3) is 3.98. The number of Topliss-reactive ketones (excluding diaryl/α,β-unsaturated/α-hetero) is 1. The fourth-order valence-corrected chi connectivity index (χ4v) is 3.09. The Kier molecular flexibility index (Phi) is 7.07. The van der Waals surface area contributed by atoms with Gasteiger partial charge in [0.15, 0.2) is 5.78 Å². The van der Waals surface area contributed by atoms with Crippen molar-refractivity contribution in [1.82, 2.24) is 0 Å². The van der Waals surface area contributed by atoms with Gasteiger partial charge in [0.2, 0.25) is 0 Å². The molecule has 96 valence electrons. The lowest BCUT2D eigenvalue weighted by atomic mass is 10.1. The fourth-order valence-electron chi connectivity index (χ4n) is 1.28. The SMILES string of the molecule is CCOP(=O)(OCC)C(C)C(=O)[C@@H](C)CO. The van der Waals surface area contributed by atoms with Crippen LogP contribution in [-0.2, 0) is 18.4 Å². The highest BCUT2D eigenvalue weighted by Crippen LogP contribution is 2.53. The van der Waals surface area contributed by atoms with Crippen molar-refractivity contribution >= 4 is 13.4 Å². The molecule has 16 heavy (non-hydrogen) atoms. The number of aliphatic hydroxyl groups is 1. The van der Waals surface area contributed by atoms with Crippen molar-refractivity contribution in [2.75, 3.05) is 19.8 Å². The Balaban J connectivity index is 4.80. The van der Waals surface area contributed by atoms with Gasteiger partial charge in [-0.2, -0.15) is 0 Å². The number of rotatable bonds is 8. The minimum Gasteiger partial charge on any atom is -0.396 e. The summed E-state index contributed by atoms with van der Waals surface area (Å²) in [5, 5.41) is 8.89. The van der Waals surface area contributed by atoms with Gasteiger partial charge in [0.1, 0.15) is 5.66 Å². The number of hydrogen-bond acceptors (Lipinski definition) is 5. The summed E-state index contributed by atoms with van der Waals surface area (Å²) in [6.07, 6.45) is 0. The standard InChI is InChI=1S/C10H21O5P/c1-5-14-16(13,15-6-2)9(4)10(12)8(3)7-11/h8-9,11H,5-7H2,1-4H3/t8-,9?/m0/s1. The molecule has 1 unspecified atom stereocenters. The smallest absolute Gasteiger partial charge is 0.340 e. The Morgan fingerprint density at radius 3 is 2.00 bits per heavy atom. The Morgan fingerprint density at radius 2 is 1.69 bits per heavy atom. The zero-order valence-corrected chi connectivity index (χ0v) is 11.2. The van der Waals surface area contributed by atoms with E-state index in [1.807, 2.05) is 0 Å². The largest absolute Gasteiger partial charge is 0.396 e. The maximum atomic E-state index is 12.2. The first-order valence-electron chi connectivity index (χ1n) is 5.46. The minimum absolute atomic E-state index is 0.225. The average molecular weight is 252 g/mol. The molecule has 0 heterocycles. The van der Waals surface area contributed by atoms with Crippen molar-refractivity contribution in [3.05, 3.63) is 0 Å². The van der Waals surface area contributed by atoms with E-state index in [-0.39, 0.29) is 25.6 Å². The van der Waals surface area contributed by atoms with Crippen LogP contribution in [0, 0.1) is 5.92 Å². The van der Waals surface area contributed by atoms with Crippen molar-refractivity contribution in [1.29, 1.82) is 0 Å². The van der Waals surface area contributed by atoms with E-state index in [2.05, 4.69) is 0 Å². The van der Waals surface area contributed by atoms with Crippen LogP contribution in [-0.4, -0.2) is 36.4 Å². The van der Waals surface area contributed by atoms with Gasteiger partial charge in [-0.15, -0.1) is 0 Å². The molecule has 0 aromatic carbocycles. The summed E-state index contributed by atoms with van der Waals surface area (Å²) in [5.41, 5.74) is -0.838. The number of carbonyl (C=O) groups excluding carboxylic acids is 1. The second-order valence-electron chi connectivity index (χ2n) is 3.54. The van der Waals surface area contributed by atoms with Gasteiger partial charge in [-0.3, -0.25) is 9.36 Å². The van der Waals surface area contributed by atoms with Crippen molar-refractivity contribution < 1.29 is 23.5 Å². The van der Waals surface area contributed by atoms with Gasteiger partial charge in [-0.1, -0.05) is 6.92 Å². The molecule has 0 saturated carbocycles. The maximum absolute atomic E-state index is 12.2. The Hall–Kier alpha value is -0.220. The normalized spacial score (nSPS) is 15.8. The van der Waals surface area contributed by atoms with Crippen LogP contribution < -0.4 is 0 Å². The molecule has 0 saturated heterocycles. The van der Waals surface area contributed by atoms with Crippen LogP contribution in [0.15, 0.2) is 0 Å². The summed E-state index contributed by atoms with van der Waals surface area (Å²) in [7, 11) is -3.39. The van der Waals surface area contributed by atoms with Gasteiger partial charge in [0.05, 0.1) is 19.8 Å². The maximum Gasteiger partial charge on any atom is 0.340 e. The molecular weight excluding hydrogens is 231 g/mol. The fraction of sp³-hybridized carbons (Fsp3) is 0.900. The predicted molar refractivity (Wildman–Crippen MR) is 61.6 cm³/mol. The number of aliphatic hydroxyl groups excluding tert-OH is 1. The molecule has 0 spiro atoms. The highest BCUT2D eigenvalue weighted by atomic mass is 31.2. The van der Waals surface area contributed by atoms with Gasteiger partial charge >= 0.3 is 7.60 Å². The first-order chi connectivity index (χ1) is 7.42. The summed E-state index contributed by atoms with van der Waals surface area (Å²) < 4.78 is 22.4. The molecule has 0 fully saturated rings. The van der Waals surface area contributed by atoms with E-state index >= 15 is 0 Å². The first-order valence-corrected chi connectivity index (χ1v) is 7.07. The highest BCUT2D eigenvalue weighted by Gasteiger charge is 2.38. The average Bonchev–Trinajstić information content (AvgIpc) is 2.26. The molecule has 0 aromatic heterocycles. The molecule has 0 rings (SSSR count). The number of hydrogen-bond donors (Lipinski definition) is 1. The second kappa shape index (κ2) is 7.17. The molecular formula is C10H21O5P. The van der Waals surface area contributed by atoms with Crippen molar-refractivity contribution in [3.8, 4) is 0 Å². The molecule has 2 atom stereocenters. The topological polar surface area (TPSA) is 72.8 Å². The zero-order chi connectivity index (χ0) is 12.8. The van der Waals surface area contributed by atoms with Crippen molar-refractivity contribution in [2.45, 2.75) is 33.4 Å². The minimum atomic E-state index is -3.39. The van der Waals surface area contributed by atoms with Gasteiger partial charge < -0.3 is 14.2 Å². The van der Waals surface area contributed by atoms with Crippen LogP contribution in [0.4, 0.5) is 0 Å². The number of carbonyl (C=O) groups is 1. The molecule has 0 aromatic rings. The van der Waals surface area contributed by atoms with Crippen LogP contribution in [0.2, 0.25) is 0 Å². The monoisotopic (exact) mass is 252 g/mol. The van der Waals surface area contributed by atoms with Gasteiger partial charge in [0.25, 0.3) is 0 Å². The Morgan fingerprint density at radius 1 is 1.25 bits per heavy atom. The van der Waals surface area contributed by atoms with Crippen molar-refractivity contribution in [2.24, 2.45) is 5.92 Å². The molecule has 0 amide bonds. The molecule has 5 nitrogen and oxygen atoms in total. The van der Waals surface area contributed by atoms with E-state index in [1.165, 1.54) is 6.92 Å². The highest BCUT2D eigenvalue weighted by molar-refractivity contribution is 7.55. The molecule has 0 aliphatic carbocycles. The van der Waals surface area contributed by atoms with Gasteiger partial charge in [0, 0.05) is 5.92 Å².